The summed E-state index contributed by atoms with van der Waals surface area (Å²) in [4.78, 5) is 13.3. The summed E-state index contributed by atoms with van der Waals surface area (Å²) >= 11 is 0. The highest BCUT2D eigenvalue weighted by molar-refractivity contribution is 6.08. The second-order valence-electron chi connectivity index (χ2n) is 9.38. The number of hydrogen-bond donors (Lipinski definition) is 1. The molecule has 0 radical (unpaired) electrons. The molecule has 1 aliphatic heterocycles. The molecule has 1 aliphatic rings. The fraction of sp³-hybridized carbons (Fsp3) is 0.200. The number of carbonyl (C=O) groups excluding carboxylic acids is 1. The zero-order valence-electron chi connectivity index (χ0n) is 20.5. The van der Waals surface area contributed by atoms with Crippen LogP contribution in [-0.2, 0) is 19.5 Å². The highest BCUT2D eigenvalue weighted by atomic mass is 16.1. The van der Waals surface area contributed by atoms with Crippen LogP contribution in [0.25, 0.3) is 22.5 Å². The molecule has 37 heavy (non-hydrogen) atoms. The number of carbonyl (C=O) groups is 1. The molecule has 0 atom stereocenters. The number of nitrogens with zero attached hydrogens (tertiary/aromatic N) is 5. The number of aromatic nitrogens is 5. The molecule has 7 heteroatoms. The van der Waals surface area contributed by atoms with Crippen molar-refractivity contribution in [3.05, 3.63) is 108 Å². The molecule has 7 nitrogen and oxygen atoms in total. The fourth-order valence-electron chi connectivity index (χ4n) is 4.90. The van der Waals surface area contributed by atoms with E-state index in [4.69, 9.17) is 0 Å². The van der Waals surface area contributed by atoms with E-state index in [0.29, 0.717) is 12.1 Å². The van der Waals surface area contributed by atoms with E-state index in [2.05, 4.69) is 49.4 Å². The number of benzene rings is 3. The van der Waals surface area contributed by atoms with Crippen LogP contribution < -0.4 is 5.32 Å². The third-order valence-corrected chi connectivity index (χ3v) is 6.85. The van der Waals surface area contributed by atoms with Crippen molar-refractivity contribution in [2.75, 3.05) is 5.32 Å². The van der Waals surface area contributed by atoms with E-state index in [1.807, 2.05) is 65.5 Å². The largest absolute Gasteiger partial charge is 0.322 e. The molecule has 3 aromatic carbocycles. The molecular weight excluding hydrogens is 460 g/mol. The van der Waals surface area contributed by atoms with Crippen LogP contribution in [0.3, 0.4) is 0 Å². The maximum absolute atomic E-state index is 13.3. The first kappa shape index (κ1) is 22.9. The van der Waals surface area contributed by atoms with Crippen molar-refractivity contribution in [1.82, 2.24) is 24.5 Å². The van der Waals surface area contributed by atoms with Crippen molar-refractivity contribution in [1.29, 1.82) is 0 Å². The first-order chi connectivity index (χ1) is 18.2. The van der Waals surface area contributed by atoms with Crippen LogP contribution in [0.2, 0.25) is 0 Å². The molecular formula is C30H28N6O. The summed E-state index contributed by atoms with van der Waals surface area (Å²) in [6.07, 6.45) is 8.25. The number of nitrogens with one attached hydrogen (secondary N) is 1. The summed E-state index contributed by atoms with van der Waals surface area (Å²) in [6, 6.07) is 25.7. The molecule has 2 aromatic heterocycles. The Hall–Kier alpha value is -4.52. The predicted octanol–water partition coefficient (Wildman–Crippen LogP) is 5.84. The first-order valence-electron chi connectivity index (χ1n) is 12.7. The number of amides is 1. The Balaban J connectivity index is 1.18. The SMILES string of the molecule is O=C(Nc1ccc(-c2nnc3n2CCCCC3)cc1)c1ccccc1-c1ccc(Cn2cccn2)cc1. The smallest absolute Gasteiger partial charge is 0.256 e. The zero-order valence-corrected chi connectivity index (χ0v) is 20.5. The Bertz CT molecular complexity index is 1500. The van der Waals surface area contributed by atoms with Gasteiger partial charge in [0.15, 0.2) is 5.82 Å². The van der Waals surface area contributed by atoms with Gasteiger partial charge < -0.3 is 9.88 Å². The number of hydrogen-bond acceptors (Lipinski definition) is 4. The first-order valence-corrected chi connectivity index (χ1v) is 12.7. The Kier molecular flexibility index (Phi) is 6.33. The van der Waals surface area contributed by atoms with Gasteiger partial charge in [0.2, 0.25) is 0 Å². The lowest BCUT2D eigenvalue weighted by atomic mass is 9.98. The van der Waals surface area contributed by atoms with Crippen LogP contribution in [-0.4, -0.2) is 30.5 Å². The number of fused-ring (bicyclic) bond motifs is 1. The average molecular weight is 489 g/mol. The van der Waals surface area contributed by atoms with Crippen molar-refractivity contribution in [2.24, 2.45) is 0 Å². The van der Waals surface area contributed by atoms with Crippen LogP contribution in [0, 0.1) is 0 Å². The molecule has 0 unspecified atom stereocenters. The van der Waals surface area contributed by atoms with E-state index in [-0.39, 0.29) is 5.91 Å². The van der Waals surface area contributed by atoms with Gasteiger partial charge in [0.1, 0.15) is 5.82 Å². The molecule has 3 heterocycles. The summed E-state index contributed by atoms with van der Waals surface area (Å²) in [7, 11) is 0. The van der Waals surface area contributed by atoms with Gasteiger partial charge in [0.05, 0.1) is 6.54 Å². The average Bonchev–Trinajstić information content (AvgIpc) is 3.54. The number of rotatable bonds is 6. The van der Waals surface area contributed by atoms with Crippen LogP contribution in [0.15, 0.2) is 91.3 Å². The quantitative estimate of drug-likeness (QED) is 0.326. The fourth-order valence-corrected chi connectivity index (χ4v) is 4.90. The minimum absolute atomic E-state index is 0.139. The third kappa shape index (κ3) is 4.93. The van der Waals surface area contributed by atoms with E-state index in [1.54, 1.807) is 6.20 Å². The molecule has 0 saturated heterocycles. The maximum Gasteiger partial charge on any atom is 0.256 e. The van der Waals surface area contributed by atoms with E-state index in [9.17, 15) is 4.79 Å². The van der Waals surface area contributed by atoms with E-state index < -0.39 is 0 Å². The predicted molar refractivity (Wildman–Crippen MR) is 144 cm³/mol. The van der Waals surface area contributed by atoms with Gasteiger partial charge in [-0.2, -0.15) is 5.10 Å². The van der Waals surface area contributed by atoms with Crippen LogP contribution in [0.4, 0.5) is 5.69 Å². The molecule has 0 saturated carbocycles. The Morgan fingerprint density at radius 1 is 0.838 bits per heavy atom. The molecule has 1 N–H and O–H groups in total. The Morgan fingerprint density at radius 3 is 2.46 bits per heavy atom. The van der Waals surface area contributed by atoms with Gasteiger partial charge >= 0.3 is 0 Å². The summed E-state index contributed by atoms with van der Waals surface area (Å²) in [5, 5.41) is 16.2. The van der Waals surface area contributed by atoms with Crippen molar-refractivity contribution in [3.8, 4) is 22.5 Å². The van der Waals surface area contributed by atoms with Gasteiger partial charge in [-0.1, -0.05) is 48.9 Å². The lowest BCUT2D eigenvalue weighted by Gasteiger charge is -2.12. The van der Waals surface area contributed by atoms with Crippen molar-refractivity contribution < 1.29 is 4.79 Å². The van der Waals surface area contributed by atoms with E-state index in [1.165, 1.54) is 12.8 Å². The summed E-state index contributed by atoms with van der Waals surface area (Å²) in [5.74, 6) is 1.83. The monoisotopic (exact) mass is 488 g/mol. The van der Waals surface area contributed by atoms with Crippen LogP contribution in [0.1, 0.15) is 41.0 Å². The van der Waals surface area contributed by atoms with Gasteiger partial charge in [-0.15, -0.1) is 10.2 Å². The summed E-state index contributed by atoms with van der Waals surface area (Å²) in [5.41, 5.74) is 5.43. The molecule has 0 bridgehead atoms. The van der Waals surface area contributed by atoms with Crippen molar-refractivity contribution in [3.63, 3.8) is 0 Å². The highest BCUT2D eigenvalue weighted by Crippen LogP contribution is 2.27. The van der Waals surface area contributed by atoms with Crippen LogP contribution in [0.5, 0.6) is 0 Å². The van der Waals surface area contributed by atoms with Gasteiger partial charge in [-0.25, -0.2) is 0 Å². The molecule has 0 spiro atoms. The zero-order chi connectivity index (χ0) is 25.0. The summed E-state index contributed by atoms with van der Waals surface area (Å²) in [6.45, 7) is 1.67. The topological polar surface area (TPSA) is 77.6 Å². The van der Waals surface area contributed by atoms with Gasteiger partial charge in [0.25, 0.3) is 5.91 Å². The molecule has 0 aliphatic carbocycles. The Labute approximate surface area is 215 Å². The summed E-state index contributed by atoms with van der Waals surface area (Å²) < 4.78 is 4.12. The Morgan fingerprint density at radius 2 is 1.65 bits per heavy atom. The van der Waals surface area contributed by atoms with Gasteiger partial charge in [-0.3, -0.25) is 9.48 Å². The third-order valence-electron chi connectivity index (χ3n) is 6.85. The minimum Gasteiger partial charge on any atom is -0.322 e. The minimum atomic E-state index is -0.139. The van der Waals surface area contributed by atoms with Crippen molar-refractivity contribution >= 4 is 11.6 Å². The molecule has 6 rings (SSSR count). The van der Waals surface area contributed by atoms with Crippen LogP contribution >= 0.6 is 0 Å². The lowest BCUT2D eigenvalue weighted by Crippen LogP contribution is -2.13. The maximum atomic E-state index is 13.3. The standard InChI is InChI=1S/C30H28N6O/c37-30(32-25-16-14-24(15-17-25)29-34-33-28-9-2-1-5-20-36(28)29)27-8-4-3-7-26(27)23-12-10-22(11-13-23)21-35-19-6-18-31-35/h3-4,6-8,10-19H,1-2,5,9,20-21H2,(H,32,37). The number of anilines is 1. The normalized spacial score (nSPS) is 13.1. The lowest BCUT2D eigenvalue weighted by molar-refractivity contribution is 0.102. The van der Waals surface area contributed by atoms with E-state index >= 15 is 0 Å². The molecule has 0 fully saturated rings. The molecule has 1 amide bonds. The number of aryl methyl sites for hydroxylation is 1. The van der Waals surface area contributed by atoms with Gasteiger partial charge in [-0.05, 0) is 65.9 Å². The highest BCUT2D eigenvalue weighted by Gasteiger charge is 2.17. The second kappa shape index (κ2) is 10.2. The second-order valence-corrected chi connectivity index (χ2v) is 9.38. The molecule has 184 valence electrons. The van der Waals surface area contributed by atoms with Crippen molar-refractivity contribution in [2.45, 2.75) is 38.8 Å². The van der Waals surface area contributed by atoms with E-state index in [0.717, 1.165) is 59.0 Å². The van der Waals surface area contributed by atoms with Gasteiger partial charge in [0, 0.05) is 42.2 Å². The molecule has 5 aromatic rings.